The fraction of sp³-hybridized carbons (Fsp3) is 1.00. The summed E-state index contributed by atoms with van der Waals surface area (Å²) in [4.78, 5) is -0.119. The molecule has 0 aromatic rings. The Balaban J connectivity index is 1.92. The largest absolute Gasteiger partial charge is 0.233 e. The number of hydrogen-bond donors (Lipinski definition) is 0. The third kappa shape index (κ3) is 1.99. The standard InChI is InChI=1S/C11H16Cl2O2S/c12-11-4-8-1-9(5-11)3-10(2-8,6-11)7-16(13,14)15/h8-9H,1-7H2. The predicted molar refractivity (Wildman–Crippen MR) is 65.3 cm³/mol. The van der Waals surface area contributed by atoms with Gasteiger partial charge in [0.15, 0.2) is 0 Å². The third-order valence-corrected chi connectivity index (χ3v) is 6.32. The Hall–Kier alpha value is 0.530. The zero-order valence-electron chi connectivity index (χ0n) is 9.09. The lowest BCUT2D eigenvalue weighted by atomic mass is 9.50. The number of hydrogen-bond acceptors (Lipinski definition) is 2. The van der Waals surface area contributed by atoms with Crippen LogP contribution in [0.15, 0.2) is 0 Å². The van der Waals surface area contributed by atoms with Gasteiger partial charge in [0.25, 0.3) is 0 Å². The first-order valence-corrected chi connectivity index (χ1v) is 8.75. The van der Waals surface area contributed by atoms with Crippen molar-refractivity contribution in [1.29, 1.82) is 0 Å². The second-order valence-corrected chi connectivity index (χ2v) is 9.87. The molecule has 2 nitrogen and oxygen atoms in total. The van der Waals surface area contributed by atoms with Crippen molar-refractivity contribution in [3.63, 3.8) is 0 Å². The Morgan fingerprint density at radius 2 is 1.69 bits per heavy atom. The SMILES string of the molecule is O=S(=O)(Cl)CC12CC3CC(CC(Cl)(C3)C1)C2. The molecule has 0 saturated heterocycles. The summed E-state index contributed by atoms with van der Waals surface area (Å²) in [7, 11) is 2.04. The van der Waals surface area contributed by atoms with Crippen LogP contribution in [0.4, 0.5) is 0 Å². The zero-order valence-corrected chi connectivity index (χ0v) is 11.4. The number of alkyl halides is 1. The smallest absolute Gasteiger partial charge is 0.212 e. The average Bonchev–Trinajstić information content (AvgIpc) is 1.91. The van der Waals surface area contributed by atoms with E-state index in [1.165, 1.54) is 6.42 Å². The summed E-state index contributed by atoms with van der Waals surface area (Å²) in [5.41, 5.74) is -0.105. The maximum Gasteiger partial charge on any atom is 0.233 e. The van der Waals surface area contributed by atoms with Gasteiger partial charge in [-0.1, -0.05) is 0 Å². The molecular weight excluding hydrogens is 267 g/mol. The van der Waals surface area contributed by atoms with E-state index in [0.29, 0.717) is 11.8 Å². The Labute approximate surface area is 106 Å². The lowest BCUT2D eigenvalue weighted by Gasteiger charge is -2.59. The van der Waals surface area contributed by atoms with Crippen molar-refractivity contribution in [2.24, 2.45) is 17.3 Å². The van der Waals surface area contributed by atoms with Crippen LogP contribution in [0, 0.1) is 17.3 Å². The molecule has 0 aromatic carbocycles. The average molecular weight is 283 g/mol. The van der Waals surface area contributed by atoms with Gasteiger partial charge in [-0.3, -0.25) is 0 Å². The highest BCUT2D eigenvalue weighted by molar-refractivity contribution is 8.13. The maximum absolute atomic E-state index is 11.3. The third-order valence-electron chi connectivity index (χ3n) is 4.59. The van der Waals surface area contributed by atoms with Gasteiger partial charge < -0.3 is 0 Å². The van der Waals surface area contributed by atoms with Gasteiger partial charge in [0.05, 0.1) is 5.75 Å². The topological polar surface area (TPSA) is 34.1 Å². The van der Waals surface area contributed by atoms with E-state index in [4.69, 9.17) is 22.3 Å². The highest BCUT2D eigenvalue weighted by Crippen LogP contribution is 2.64. The van der Waals surface area contributed by atoms with Crippen LogP contribution in [-0.4, -0.2) is 19.0 Å². The summed E-state index contributed by atoms with van der Waals surface area (Å²) in [6, 6.07) is 0. The summed E-state index contributed by atoms with van der Waals surface area (Å²) in [6.45, 7) is 0. The zero-order chi connectivity index (χ0) is 11.6. The fourth-order valence-corrected chi connectivity index (χ4v) is 7.35. The summed E-state index contributed by atoms with van der Waals surface area (Å²) >= 11 is 6.61. The van der Waals surface area contributed by atoms with E-state index in [2.05, 4.69) is 0 Å². The van der Waals surface area contributed by atoms with Crippen LogP contribution < -0.4 is 0 Å². The van der Waals surface area contributed by atoms with E-state index in [1.54, 1.807) is 0 Å². The van der Waals surface area contributed by atoms with Crippen LogP contribution in [0.5, 0.6) is 0 Å². The van der Waals surface area contributed by atoms with Crippen LogP contribution >= 0.6 is 22.3 Å². The van der Waals surface area contributed by atoms with Gasteiger partial charge in [0.1, 0.15) is 0 Å². The summed E-state index contributed by atoms with van der Waals surface area (Å²) in [6.07, 6.45) is 6.29. The van der Waals surface area contributed by atoms with Gasteiger partial charge in [0, 0.05) is 15.6 Å². The van der Waals surface area contributed by atoms with E-state index in [9.17, 15) is 8.42 Å². The molecule has 0 heterocycles. The first-order chi connectivity index (χ1) is 7.28. The monoisotopic (exact) mass is 282 g/mol. The molecule has 4 saturated carbocycles. The first-order valence-electron chi connectivity index (χ1n) is 5.89. The van der Waals surface area contributed by atoms with Crippen LogP contribution in [0.2, 0.25) is 0 Å². The quantitative estimate of drug-likeness (QED) is 0.576. The van der Waals surface area contributed by atoms with E-state index in [1.807, 2.05) is 0 Å². The molecule has 4 fully saturated rings. The maximum atomic E-state index is 11.3. The van der Waals surface area contributed by atoms with Gasteiger partial charge in [-0.2, -0.15) is 0 Å². The number of rotatable bonds is 2. The van der Waals surface area contributed by atoms with E-state index < -0.39 is 9.05 Å². The molecule has 0 amide bonds. The second kappa shape index (κ2) is 3.30. The summed E-state index contributed by atoms with van der Waals surface area (Å²) in [5, 5.41) is 0. The molecule has 5 heteroatoms. The Morgan fingerprint density at radius 3 is 2.12 bits per heavy atom. The summed E-state index contributed by atoms with van der Waals surface area (Å²) in [5.74, 6) is 1.40. The predicted octanol–water partition coefficient (Wildman–Crippen LogP) is 3.13. The fourth-order valence-electron chi connectivity index (χ4n) is 4.87. The first kappa shape index (κ1) is 11.6. The van der Waals surface area contributed by atoms with Crippen LogP contribution in [0.1, 0.15) is 38.5 Å². The Kier molecular flexibility index (Phi) is 2.39. The highest BCUT2D eigenvalue weighted by atomic mass is 35.7. The molecule has 0 aliphatic heterocycles. The molecule has 92 valence electrons. The molecule has 4 rings (SSSR count). The normalized spacial score (nSPS) is 50.9. The van der Waals surface area contributed by atoms with Gasteiger partial charge >= 0.3 is 0 Å². The Morgan fingerprint density at radius 1 is 1.12 bits per heavy atom. The second-order valence-electron chi connectivity index (χ2n) is 6.30. The Bertz CT molecular complexity index is 404. The molecule has 2 atom stereocenters. The van der Waals surface area contributed by atoms with Crippen LogP contribution in [-0.2, 0) is 9.05 Å². The van der Waals surface area contributed by atoms with Crippen molar-refractivity contribution in [1.82, 2.24) is 0 Å². The molecule has 0 radical (unpaired) electrons. The lowest BCUT2D eigenvalue weighted by Crippen LogP contribution is -2.54. The van der Waals surface area contributed by atoms with Crippen LogP contribution in [0.25, 0.3) is 0 Å². The van der Waals surface area contributed by atoms with Crippen LogP contribution in [0.3, 0.4) is 0 Å². The molecule has 2 unspecified atom stereocenters. The van der Waals surface area contributed by atoms with Crippen molar-refractivity contribution < 1.29 is 8.42 Å². The molecule has 16 heavy (non-hydrogen) atoms. The van der Waals surface area contributed by atoms with Gasteiger partial charge in [-0.25, -0.2) is 8.42 Å². The molecule has 0 aromatic heterocycles. The van der Waals surface area contributed by atoms with Gasteiger partial charge in [-0.05, 0) is 55.8 Å². The number of halogens is 2. The lowest BCUT2D eigenvalue weighted by molar-refractivity contribution is -0.0257. The van der Waals surface area contributed by atoms with Crippen molar-refractivity contribution in [2.75, 3.05) is 5.75 Å². The van der Waals surface area contributed by atoms with Crippen molar-refractivity contribution in [3.8, 4) is 0 Å². The molecule has 4 aliphatic rings. The minimum Gasteiger partial charge on any atom is -0.212 e. The van der Waals surface area contributed by atoms with Gasteiger partial charge in [0.2, 0.25) is 9.05 Å². The molecular formula is C11H16Cl2O2S. The van der Waals surface area contributed by atoms with Gasteiger partial charge in [-0.15, -0.1) is 11.6 Å². The minimum atomic E-state index is -3.40. The molecule has 0 spiro atoms. The molecule has 0 N–H and O–H groups in total. The van der Waals surface area contributed by atoms with E-state index >= 15 is 0 Å². The highest BCUT2D eigenvalue weighted by Gasteiger charge is 2.57. The van der Waals surface area contributed by atoms with Crippen molar-refractivity contribution >= 4 is 31.3 Å². The van der Waals surface area contributed by atoms with Crippen molar-refractivity contribution in [2.45, 2.75) is 43.4 Å². The minimum absolute atomic E-state index is 0.105. The summed E-state index contributed by atoms with van der Waals surface area (Å²) < 4.78 is 22.7. The molecule has 4 bridgehead atoms. The van der Waals surface area contributed by atoms with E-state index in [-0.39, 0.29) is 16.0 Å². The molecule has 4 aliphatic carbocycles. The van der Waals surface area contributed by atoms with E-state index in [0.717, 1.165) is 32.1 Å². The van der Waals surface area contributed by atoms with Crippen molar-refractivity contribution in [3.05, 3.63) is 0 Å².